The molecule has 0 unspecified atom stereocenters. The predicted octanol–water partition coefficient (Wildman–Crippen LogP) is 3.69. The summed E-state index contributed by atoms with van der Waals surface area (Å²) in [5.41, 5.74) is 1.38. The summed E-state index contributed by atoms with van der Waals surface area (Å²) in [6.45, 7) is -1.30. The number of rotatable bonds is 2. The van der Waals surface area contributed by atoms with Crippen LogP contribution in [0, 0.1) is 0 Å². The van der Waals surface area contributed by atoms with E-state index in [0.29, 0.717) is 12.1 Å². The van der Waals surface area contributed by atoms with Crippen molar-refractivity contribution >= 4 is 0 Å². The Bertz CT molecular complexity index is 421. The summed E-state index contributed by atoms with van der Waals surface area (Å²) < 4.78 is 86.9. The highest BCUT2D eigenvalue weighted by Crippen LogP contribution is 2.38. The number of alkyl halides is 7. The van der Waals surface area contributed by atoms with Crippen molar-refractivity contribution in [1.82, 2.24) is 0 Å². The van der Waals surface area contributed by atoms with E-state index in [1.54, 1.807) is 0 Å². The predicted molar refractivity (Wildman–Crippen MR) is 49.3 cm³/mol. The monoisotopic (exact) mass is 275 g/mol. The summed E-state index contributed by atoms with van der Waals surface area (Å²) in [5.74, 6) is 0. The first-order valence-corrected chi connectivity index (χ1v) is 4.67. The Hall–Kier alpha value is -1.31. The Balaban J connectivity index is 3.40. The zero-order valence-corrected chi connectivity index (χ0v) is 8.74. The molecule has 0 aromatic heterocycles. The number of halogens is 7. The first kappa shape index (κ1) is 14.7. The summed E-state index contributed by atoms with van der Waals surface area (Å²) in [7, 11) is 0. The molecule has 1 aromatic rings. The number of benzene rings is 1. The first-order valence-electron chi connectivity index (χ1n) is 4.67. The highest BCUT2D eigenvalue weighted by atomic mass is 19.4. The lowest BCUT2D eigenvalue weighted by atomic mass is 9.98. The molecular formula is C10H8F7N. The number of nitrogens with two attached hydrogens (primary N) is 1. The van der Waals surface area contributed by atoms with Gasteiger partial charge in [-0.1, -0.05) is 6.07 Å². The Morgan fingerprint density at radius 1 is 1.00 bits per heavy atom. The van der Waals surface area contributed by atoms with Crippen molar-refractivity contribution in [3.05, 3.63) is 34.9 Å². The van der Waals surface area contributed by atoms with Crippen LogP contribution in [-0.2, 0) is 12.4 Å². The molecule has 1 atom stereocenters. The van der Waals surface area contributed by atoms with Gasteiger partial charge in [-0.05, 0) is 17.7 Å². The van der Waals surface area contributed by atoms with Gasteiger partial charge in [0.15, 0.2) is 0 Å². The maximum Gasteiger partial charge on any atom is 0.416 e. The van der Waals surface area contributed by atoms with Crippen molar-refractivity contribution in [1.29, 1.82) is 0 Å². The molecule has 0 spiro atoms. The molecule has 0 saturated heterocycles. The van der Waals surface area contributed by atoms with Crippen molar-refractivity contribution in [3.8, 4) is 0 Å². The second-order valence-corrected chi connectivity index (χ2v) is 3.56. The van der Waals surface area contributed by atoms with Crippen LogP contribution in [0.25, 0.3) is 0 Å². The van der Waals surface area contributed by atoms with Gasteiger partial charge >= 0.3 is 12.4 Å². The van der Waals surface area contributed by atoms with E-state index in [2.05, 4.69) is 0 Å². The largest absolute Gasteiger partial charge is 0.416 e. The average Bonchev–Trinajstić information content (AvgIpc) is 2.24. The lowest BCUT2D eigenvalue weighted by Gasteiger charge is -2.18. The van der Waals surface area contributed by atoms with Gasteiger partial charge < -0.3 is 5.73 Å². The van der Waals surface area contributed by atoms with Gasteiger partial charge in [0.25, 0.3) is 0 Å². The van der Waals surface area contributed by atoms with Gasteiger partial charge in [-0.25, -0.2) is 4.39 Å². The van der Waals surface area contributed by atoms with Crippen LogP contribution in [0.1, 0.15) is 22.7 Å². The molecule has 1 rings (SSSR count). The molecule has 102 valence electrons. The van der Waals surface area contributed by atoms with Crippen LogP contribution in [0.4, 0.5) is 30.7 Å². The van der Waals surface area contributed by atoms with E-state index in [0.717, 1.165) is 0 Å². The third-order valence-corrected chi connectivity index (χ3v) is 2.25. The van der Waals surface area contributed by atoms with Gasteiger partial charge in [0, 0.05) is 0 Å². The third kappa shape index (κ3) is 3.12. The van der Waals surface area contributed by atoms with Crippen molar-refractivity contribution in [2.24, 2.45) is 5.73 Å². The highest BCUT2D eigenvalue weighted by molar-refractivity contribution is 5.37. The average molecular weight is 275 g/mol. The minimum Gasteiger partial charge on any atom is -0.322 e. The minimum atomic E-state index is -5.02. The topological polar surface area (TPSA) is 26.0 Å². The van der Waals surface area contributed by atoms with Crippen LogP contribution in [0.5, 0.6) is 0 Å². The standard InChI is InChI=1S/C10H8F7N/c11-4-8(18)6-2-1-5(9(12,13)14)3-7(6)10(15,16)17/h1-3,8H,4,18H2/t8-/m1/s1. The maximum absolute atomic E-state index is 12.6. The van der Waals surface area contributed by atoms with E-state index in [-0.39, 0.29) is 6.07 Å². The lowest BCUT2D eigenvalue weighted by Crippen LogP contribution is -2.20. The van der Waals surface area contributed by atoms with Gasteiger partial charge in [0.2, 0.25) is 0 Å². The summed E-state index contributed by atoms with van der Waals surface area (Å²) in [6.07, 6.45) is -9.93. The normalized spacial score (nSPS) is 14.7. The Morgan fingerprint density at radius 2 is 1.56 bits per heavy atom. The second-order valence-electron chi connectivity index (χ2n) is 3.56. The van der Waals surface area contributed by atoms with Crippen LogP contribution in [0.2, 0.25) is 0 Å². The fraction of sp³-hybridized carbons (Fsp3) is 0.400. The van der Waals surface area contributed by atoms with Crippen LogP contribution in [0.15, 0.2) is 18.2 Å². The molecular weight excluding hydrogens is 267 g/mol. The summed E-state index contributed by atoms with van der Waals surface area (Å²) >= 11 is 0. The molecule has 0 aliphatic heterocycles. The van der Waals surface area contributed by atoms with Crippen LogP contribution in [-0.4, -0.2) is 6.67 Å². The maximum atomic E-state index is 12.6. The van der Waals surface area contributed by atoms with E-state index in [1.165, 1.54) is 0 Å². The van der Waals surface area contributed by atoms with Gasteiger partial charge in [0.05, 0.1) is 17.2 Å². The summed E-state index contributed by atoms with van der Waals surface area (Å²) in [5, 5.41) is 0. The molecule has 1 nitrogen and oxygen atoms in total. The molecule has 0 fully saturated rings. The van der Waals surface area contributed by atoms with E-state index in [9.17, 15) is 30.7 Å². The molecule has 2 N–H and O–H groups in total. The van der Waals surface area contributed by atoms with Gasteiger partial charge in [-0.3, -0.25) is 0 Å². The molecule has 18 heavy (non-hydrogen) atoms. The SMILES string of the molecule is N[C@H](CF)c1ccc(C(F)(F)F)cc1C(F)(F)F. The van der Waals surface area contributed by atoms with Crippen molar-refractivity contribution in [2.75, 3.05) is 6.67 Å². The quantitative estimate of drug-likeness (QED) is 0.818. The molecule has 0 amide bonds. The second kappa shape index (κ2) is 4.75. The minimum absolute atomic E-state index is 0.0646. The van der Waals surface area contributed by atoms with E-state index in [1.807, 2.05) is 0 Å². The van der Waals surface area contributed by atoms with Crippen molar-refractivity contribution < 1.29 is 30.7 Å². The Labute approximate surface area is 97.4 Å². The van der Waals surface area contributed by atoms with Crippen LogP contribution >= 0.6 is 0 Å². The number of hydrogen-bond donors (Lipinski definition) is 1. The van der Waals surface area contributed by atoms with Crippen molar-refractivity contribution in [2.45, 2.75) is 18.4 Å². The fourth-order valence-electron chi connectivity index (χ4n) is 1.38. The molecule has 0 heterocycles. The number of hydrogen-bond acceptors (Lipinski definition) is 1. The molecule has 8 heteroatoms. The smallest absolute Gasteiger partial charge is 0.322 e. The molecule has 1 aromatic carbocycles. The van der Waals surface area contributed by atoms with Crippen LogP contribution in [0.3, 0.4) is 0 Å². The van der Waals surface area contributed by atoms with E-state index >= 15 is 0 Å². The van der Waals surface area contributed by atoms with Crippen LogP contribution < -0.4 is 5.73 Å². The van der Waals surface area contributed by atoms with Gasteiger partial charge in [-0.15, -0.1) is 0 Å². The zero-order chi connectivity index (χ0) is 14.1. The molecule has 0 bridgehead atoms. The molecule has 0 aliphatic carbocycles. The van der Waals surface area contributed by atoms with Gasteiger partial charge in [0.1, 0.15) is 6.67 Å². The Kier molecular flexibility index (Phi) is 3.89. The summed E-state index contributed by atoms with van der Waals surface area (Å²) in [6, 6.07) is -0.676. The zero-order valence-electron chi connectivity index (χ0n) is 8.74. The first-order chi connectivity index (χ1) is 8.07. The molecule has 0 aliphatic rings. The molecule has 0 saturated carbocycles. The van der Waals surface area contributed by atoms with Crippen molar-refractivity contribution in [3.63, 3.8) is 0 Å². The molecule has 0 radical (unpaired) electrons. The highest BCUT2D eigenvalue weighted by Gasteiger charge is 2.38. The van der Waals surface area contributed by atoms with E-state index < -0.39 is 41.8 Å². The van der Waals surface area contributed by atoms with Gasteiger partial charge in [-0.2, -0.15) is 26.3 Å². The third-order valence-electron chi connectivity index (χ3n) is 2.25. The lowest BCUT2D eigenvalue weighted by molar-refractivity contribution is -0.143. The van der Waals surface area contributed by atoms with E-state index in [4.69, 9.17) is 5.73 Å². The Morgan fingerprint density at radius 3 is 1.94 bits per heavy atom. The fourth-order valence-corrected chi connectivity index (χ4v) is 1.38. The summed E-state index contributed by atoms with van der Waals surface area (Å²) in [4.78, 5) is 0.